The van der Waals surface area contributed by atoms with Crippen molar-refractivity contribution in [2.45, 2.75) is 12.8 Å². The Morgan fingerprint density at radius 3 is 2.37 bits per heavy atom. The Morgan fingerprint density at radius 1 is 1.21 bits per heavy atom. The van der Waals surface area contributed by atoms with Crippen LogP contribution in [0.1, 0.15) is 12.8 Å². The van der Waals surface area contributed by atoms with Crippen molar-refractivity contribution in [2.24, 2.45) is 5.92 Å². The van der Waals surface area contributed by atoms with Gasteiger partial charge in [0.1, 0.15) is 0 Å². The molecule has 0 aromatic heterocycles. The van der Waals surface area contributed by atoms with Gasteiger partial charge in [0.15, 0.2) is 0 Å². The van der Waals surface area contributed by atoms with Crippen LogP contribution in [-0.2, 0) is 10.0 Å². The predicted octanol–water partition coefficient (Wildman–Crippen LogP) is 2.95. The Labute approximate surface area is 130 Å². The molecule has 0 radical (unpaired) electrons. The zero-order valence-corrected chi connectivity index (χ0v) is 14.3. The van der Waals surface area contributed by atoms with Gasteiger partial charge in [-0.25, -0.2) is 8.42 Å². The third-order valence-corrected chi connectivity index (χ3v) is 5.88. The average molecular weight is 412 g/mol. The van der Waals surface area contributed by atoms with Crippen molar-refractivity contribution in [3.05, 3.63) is 27.1 Å². The summed E-state index contributed by atoms with van der Waals surface area (Å²) in [5, 5.41) is 3.24. The standard InChI is InChI=1S/C12H16Br2N2O2S/c13-10-2-1-3-11(14)12(10)16-19(17,18)8-9-4-6-15-7-5-9/h1-3,9,15-16H,4-8H2. The molecule has 1 aromatic carbocycles. The summed E-state index contributed by atoms with van der Waals surface area (Å²) in [4.78, 5) is 0. The molecule has 1 saturated heterocycles. The Balaban J connectivity index is 2.08. The minimum atomic E-state index is -3.32. The van der Waals surface area contributed by atoms with Gasteiger partial charge in [-0.3, -0.25) is 4.72 Å². The second-order valence-corrected chi connectivity index (χ2v) is 8.15. The molecule has 1 fully saturated rings. The van der Waals surface area contributed by atoms with Crippen LogP contribution in [0.3, 0.4) is 0 Å². The van der Waals surface area contributed by atoms with Crippen LogP contribution in [0.15, 0.2) is 27.1 Å². The number of hydrogen-bond acceptors (Lipinski definition) is 3. The molecule has 19 heavy (non-hydrogen) atoms. The van der Waals surface area contributed by atoms with E-state index in [0.29, 0.717) is 5.69 Å². The number of halogens is 2. The van der Waals surface area contributed by atoms with Gasteiger partial charge in [0.2, 0.25) is 10.0 Å². The maximum Gasteiger partial charge on any atom is 0.233 e. The predicted molar refractivity (Wildman–Crippen MR) is 84.8 cm³/mol. The number of hydrogen-bond donors (Lipinski definition) is 2. The normalized spacial score (nSPS) is 17.4. The third-order valence-electron chi connectivity index (χ3n) is 3.13. The monoisotopic (exact) mass is 410 g/mol. The summed E-state index contributed by atoms with van der Waals surface area (Å²) in [5.74, 6) is 0.419. The summed E-state index contributed by atoms with van der Waals surface area (Å²) in [6.45, 7) is 1.80. The first-order valence-electron chi connectivity index (χ1n) is 6.13. The van der Waals surface area contributed by atoms with Gasteiger partial charge in [-0.15, -0.1) is 0 Å². The molecule has 0 amide bonds. The third kappa shape index (κ3) is 4.44. The minimum absolute atomic E-state index is 0.183. The second-order valence-electron chi connectivity index (χ2n) is 4.67. The van der Waals surface area contributed by atoms with Gasteiger partial charge in [-0.2, -0.15) is 0 Å². The van der Waals surface area contributed by atoms with Crippen LogP contribution < -0.4 is 10.0 Å². The Morgan fingerprint density at radius 2 is 1.79 bits per heavy atom. The van der Waals surface area contributed by atoms with E-state index < -0.39 is 10.0 Å². The van der Waals surface area contributed by atoms with E-state index in [2.05, 4.69) is 41.9 Å². The van der Waals surface area contributed by atoms with Gasteiger partial charge in [0, 0.05) is 8.95 Å². The number of sulfonamides is 1. The van der Waals surface area contributed by atoms with E-state index in [1.807, 2.05) is 18.2 Å². The molecule has 1 aliphatic rings. The molecule has 0 atom stereocenters. The van der Waals surface area contributed by atoms with E-state index in [0.717, 1.165) is 34.9 Å². The molecule has 0 aliphatic carbocycles. The molecule has 0 bridgehead atoms. The van der Waals surface area contributed by atoms with Crippen LogP contribution in [0.2, 0.25) is 0 Å². The molecule has 7 heteroatoms. The summed E-state index contributed by atoms with van der Waals surface area (Å²) in [6, 6.07) is 5.47. The van der Waals surface area contributed by atoms with E-state index in [4.69, 9.17) is 0 Å². The number of benzene rings is 1. The zero-order valence-electron chi connectivity index (χ0n) is 10.3. The van der Waals surface area contributed by atoms with Gasteiger partial charge >= 0.3 is 0 Å². The highest BCUT2D eigenvalue weighted by Crippen LogP contribution is 2.31. The van der Waals surface area contributed by atoms with Crippen molar-refractivity contribution in [3.63, 3.8) is 0 Å². The average Bonchev–Trinajstić information content (AvgIpc) is 2.35. The Kier molecular flexibility index (Phi) is 5.28. The first kappa shape index (κ1) is 15.3. The number of anilines is 1. The minimum Gasteiger partial charge on any atom is -0.317 e. The van der Waals surface area contributed by atoms with Gasteiger partial charge in [0.25, 0.3) is 0 Å². The van der Waals surface area contributed by atoms with Crippen LogP contribution in [0, 0.1) is 5.92 Å². The molecule has 0 spiro atoms. The summed E-state index contributed by atoms with van der Waals surface area (Å²) in [5.41, 5.74) is 0.566. The Bertz CT molecular complexity index is 522. The molecular weight excluding hydrogens is 396 g/mol. The molecule has 0 unspecified atom stereocenters. The van der Waals surface area contributed by atoms with Gasteiger partial charge in [-0.1, -0.05) is 6.07 Å². The highest BCUT2D eigenvalue weighted by molar-refractivity contribution is 9.11. The maximum atomic E-state index is 12.2. The lowest BCUT2D eigenvalue weighted by atomic mass is 10.0. The first-order chi connectivity index (χ1) is 8.98. The lowest BCUT2D eigenvalue weighted by Crippen LogP contribution is -2.33. The maximum absolute atomic E-state index is 12.2. The van der Waals surface area contributed by atoms with Crippen molar-refractivity contribution < 1.29 is 8.42 Å². The van der Waals surface area contributed by atoms with Crippen molar-refractivity contribution in [1.29, 1.82) is 0 Å². The summed E-state index contributed by atoms with van der Waals surface area (Å²) >= 11 is 6.72. The van der Waals surface area contributed by atoms with Crippen molar-refractivity contribution in [2.75, 3.05) is 23.6 Å². The number of rotatable bonds is 4. The zero-order chi connectivity index (χ0) is 13.9. The summed E-state index contributed by atoms with van der Waals surface area (Å²) in [6.07, 6.45) is 1.83. The lowest BCUT2D eigenvalue weighted by molar-refractivity contribution is 0.402. The molecule has 4 nitrogen and oxygen atoms in total. The number of piperidine rings is 1. The highest BCUT2D eigenvalue weighted by atomic mass is 79.9. The fraction of sp³-hybridized carbons (Fsp3) is 0.500. The van der Waals surface area contributed by atoms with Crippen molar-refractivity contribution >= 4 is 47.6 Å². The number of para-hydroxylation sites is 1. The summed E-state index contributed by atoms with van der Waals surface area (Å²) in [7, 11) is -3.32. The van der Waals surface area contributed by atoms with Crippen LogP contribution in [-0.4, -0.2) is 27.3 Å². The van der Waals surface area contributed by atoms with E-state index in [9.17, 15) is 8.42 Å². The fourth-order valence-electron chi connectivity index (χ4n) is 2.15. The van der Waals surface area contributed by atoms with Crippen LogP contribution in [0.5, 0.6) is 0 Å². The van der Waals surface area contributed by atoms with E-state index in [1.165, 1.54) is 0 Å². The fourth-order valence-corrected chi connectivity index (χ4v) is 5.18. The Hall–Kier alpha value is -0.110. The summed E-state index contributed by atoms with van der Waals surface area (Å²) < 4.78 is 28.5. The molecule has 2 rings (SSSR count). The molecular formula is C12H16Br2N2O2S. The van der Waals surface area contributed by atoms with Crippen LogP contribution in [0.25, 0.3) is 0 Å². The van der Waals surface area contributed by atoms with Gasteiger partial charge in [-0.05, 0) is 75.8 Å². The molecule has 1 aliphatic heterocycles. The first-order valence-corrected chi connectivity index (χ1v) is 9.37. The molecule has 1 aromatic rings. The largest absolute Gasteiger partial charge is 0.317 e. The SMILES string of the molecule is O=S(=O)(CC1CCNCC1)Nc1c(Br)cccc1Br. The van der Waals surface area contributed by atoms with Gasteiger partial charge in [0.05, 0.1) is 11.4 Å². The van der Waals surface area contributed by atoms with Crippen molar-refractivity contribution in [1.82, 2.24) is 5.32 Å². The molecule has 0 saturated carbocycles. The van der Waals surface area contributed by atoms with E-state index in [1.54, 1.807) is 0 Å². The van der Waals surface area contributed by atoms with Crippen LogP contribution >= 0.6 is 31.9 Å². The topological polar surface area (TPSA) is 58.2 Å². The molecule has 1 heterocycles. The quantitative estimate of drug-likeness (QED) is 0.800. The lowest BCUT2D eigenvalue weighted by Gasteiger charge is -2.22. The van der Waals surface area contributed by atoms with Crippen LogP contribution in [0.4, 0.5) is 5.69 Å². The van der Waals surface area contributed by atoms with E-state index >= 15 is 0 Å². The number of nitrogens with one attached hydrogen (secondary N) is 2. The second kappa shape index (κ2) is 6.56. The van der Waals surface area contributed by atoms with Crippen molar-refractivity contribution in [3.8, 4) is 0 Å². The van der Waals surface area contributed by atoms with Gasteiger partial charge < -0.3 is 5.32 Å². The molecule has 2 N–H and O–H groups in total. The van der Waals surface area contributed by atoms with E-state index in [-0.39, 0.29) is 11.7 Å². The molecule has 106 valence electrons. The smallest absolute Gasteiger partial charge is 0.233 e. The highest BCUT2D eigenvalue weighted by Gasteiger charge is 2.22.